The number of carbonyl (C=O) groups is 7. The van der Waals surface area contributed by atoms with E-state index in [9.17, 15) is 42.3 Å². The maximum atomic E-state index is 13.5. The highest BCUT2D eigenvalue weighted by atomic mass is 19.3. The molecule has 0 bridgehead atoms. The fourth-order valence-electron chi connectivity index (χ4n) is 6.07. The van der Waals surface area contributed by atoms with Crippen LogP contribution in [-0.4, -0.2) is 114 Å². The zero-order valence-corrected chi connectivity index (χ0v) is 30.7. The molecule has 0 radical (unpaired) electrons. The lowest BCUT2D eigenvalue weighted by molar-refractivity contribution is -0.144. The average molecular weight is 737 g/mol. The number of likely N-dealkylation sites (tertiary alicyclic amines) is 1. The van der Waals surface area contributed by atoms with Crippen molar-refractivity contribution in [1.82, 2.24) is 31.1 Å². The number of ketones is 1. The topological polar surface area (TPSA) is 194 Å². The normalized spacial score (nSPS) is 17.8. The van der Waals surface area contributed by atoms with Gasteiger partial charge in [-0.3, -0.25) is 33.6 Å². The van der Waals surface area contributed by atoms with Gasteiger partial charge >= 0.3 is 0 Å². The molecule has 1 heterocycles. The van der Waals surface area contributed by atoms with Crippen LogP contribution in [0, 0.1) is 5.92 Å². The van der Waals surface area contributed by atoms with Crippen LogP contribution in [0.15, 0.2) is 30.3 Å². The molecule has 4 atom stereocenters. The van der Waals surface area contributed by atoms with Gasteiger partial charge in [-0.1, -0.05) is 49.6 Å². The van der Waals surface area contributed by atoms with Crippen LogP contribution in [0.25, 0.3) is 0 Å². The Bertz CT molecular complexity index is 1360. The highest BCUT2D eigenvalue weighted by Crippen LogP contribution is 2.29. The monoisotopic (exact) mass is 736 g/mol. The van der Waals surface area contributed by atoms with E-state index in [-0.39, 0.29) is 18.9 Å². The minimum Gasteiger partial charge on any atom is -0.391 e. The Morgan fingerprint density at radius 1 is 0.942 bits per heavy atom. The van der Waals surface area contributed by atoms with E-state index >= 15 is 0 Å². The van der Waals surface area contributed by atoms with Gasteiger partial charge in [-0.25, -0.2) is 8.78 Å². The second kappa shape index (κ2) is 21.2. The third-order valence-electron chi connectivity index (χ3n) is 8.54. The number of nitrogens with zero attached hydrogens (tertiary/aromatic N) is 2. The first-order chi connectivity index (χ1) is 24.4. The summed E-state index contributed by atoms with van der Waals surface area (Å²) in [6.07, 6.45) is 1.35. The van der Waals surface area contributed by atoms with Crippen molar-refractivity contribution in [3.63, 3.8) is 0 Å². The zero-order chi connectivity index (χ0) is 39.0. The molecule has 0 spiro atoms. The van der Waals surface area contributed by atoms with Crippen molar-refractivity contribution in [2.75, 3.05) is 27.2 Å². The molecule has 16 heteroatoms. The maximum Gasteiger partial charge on any atom is 0.290 e. The van der Waals surface area contributed by atoms with E-state index in [2.05, 4.69) is 21.3 Å². The third-order valence-corrected chi connectivity index (χ3v) is 8.54. The van der Waals surface area contributed by atoms with E-state index < -0.39 is 90.9 Å². The molecule has 3 rings (SSSR count). The Kier molecular flexibility index (Phi) is 17.8. The summed E-state index contributed by atoms with van der Waals surface area (Å²) in [4.78, 5) is 92.1. The fourth-order valence-corrected chi connectivity index (χ4v) is 6.07. The largest absolute Gasteiger partial charge is 0.391 e. The van der Waals surface area contributed by atoms with Gasteiger partial charge in [0.15, 0.2) is 0 Å². The van der Waals surface area contributed by atoms with Crippen LogP contribution in [0.3, 0.4) is 0 Å². The molecule has 4 unspecified atom stereocenters. The lowest BCUT2D eigenvalue weighted by Crippen LogP contribution is -2.57. The molecule has 6 amide bonds. The Hall–Kier alpha value is -4.47. The van der Waals surface area contributed by atoms with E-state index in [1.54, 1.807) is 51.1 Å². The predicted molar refractivity (Wildman–Crippen MR) is 187 cm³/mol. The second-order valence-corrected chi connectivity index (χ2v) is 14.2. The molecule has 1 saturated heterocycles. The molecule has 0 aromatic heterocycles. The summed E-state index contributed by atoms with van der Waals surface area (Å²) in [7, 11) is 3.02. The standard InChI is InChI=1S/C32H44F2N6O7.C4H10O/c1-39(2)31(46)27(21-12-7-4-8-13-21)38-25(42)18-35-30(45)28(43)22(15-16-24(33)34)37-29(44)23-14-9-17-40(23)32(47)26(36-19-41)20-10-5-3-6-11-20;1-4(2,3)5/h4,7-8,12-13,19-20,22-24,26-27H,3,5-6,9-11,14-18H2,1-2H3,(H,35,45)(H,36,41)(H,37,44)(H,38,42);5H,1-3H3. The van der Waals surface area contributed by atoms with Crippen molar-refractivity contribution >= 4 is 41.7 Å². The lowest BCUT2D eigenvalue weighted by Gasteiger charge is -2.34. The number of nitrogens with one attached hydrogen (secondary N) is 4. The minimum atomic E-state index is -2.82. The van der Waals surface area contributed by atoms with Crippen LogP contribution in [0.2, 0.25) is 0 Å². The molecule has 2 fully saturated rings. The number of likely N-dealkylation sites (N-methyl/N-ethyl adjacent to an activating group) is 1. The molecule has 52 heavy (non-hydrogen) atoms. The lowest BCUT2D eigenvalue weighted by atomic mass is 9.83. The molecule has 14 nitrogen and oxygen atoms in total. The number of hydrogen-bond acceptors (Lipinski definition) is 8. The van der Waals surface area contributed by atoms with Gasteiger partial charge in [0, 0.05) is 27.1 Å². The van der Waals surface area contributed by atoms with Crippen LogP contribution in [0.1, 0.15) is 90.2 Å². The van der Waals surface area contributed by atoms with Crippen molar-refractivity contribution in [3.05, 3.63) is 35.9 Å². The first-order valence-electron chi connectivity index (χ1n) is 17.6. The number of aliphatic hydroxyl groups is 1. The highest BCUT2D eigenvalue weighted by Gasteiger charge is 2.41. The average Bonchev–Trinajstić information content (AvgIpc) is 3.60. The molecule has 1 aromatic carbocycles. The Labute approximate surface area is 303 Å². The second-order valence-electron chi connectivity index (χ2n) is 14.2. The highest BCUT2D eigenvalue weighted by molar-refractivity contribution is 6.38. The van der Waals surface area contributed by atoms with Gasteiger partial charge in [0.1, 0.15) is 18.1 Å². The van der Waals surface area contributed by atoms with Crippen LogP contribution < -0.4 is 21.3 Å². The van der Waals surface area contributed by atoms with E-state index in [0.717, 1.165) is 32.1 Å². The van der Waals surface area contributed by atoms with Crippen LogP contribution in [0.5, 0.6) is 0 Å². The molecule has 1 aliphatic carbocycles. The molecule has 290 valence electrons. The van der Waals surface area contributed by atoms with Gasteiger partial charge in [0.2, 0.25) is 42.2 Å². The van der Waals surface area contributed by atoms with E-state index in [4.69, 9.17) is 5.11 Å². The summed E-state index contributed by atoms with van der Waals surface area (Å²) in [5.74, 6) is -5.06. The molecule has 1 saturated carbocycles. The van der Waals surface area contributed by atoms with Gasteiger partial charge in [-0.15, -0.1) is 0 Å². The summed E-state index contributed by atoms with van der Waals surface area (Å²) in [6, 6.07) is 3.82. The number of amides is 6. The molecular weight excluding hydrogens is 682 g/mol. The summed E-state index contributed by atoms with van der Waals surface area (Å²) >= 11 is 0. The minimum absolute atomic E-state index is 0.0870. The SMILES string of the molecule is CC(C)(C)O.CN(C)C(=O)C(NC(=O)CNC(=O)C(=O)C(CCC(F)F)NC(=O)C1CCCN1C(=O)C(NC=O)C1CCCCC1)c1ccccc1. The quantitative estimate of drug-likeness (QED) is 0.125. The number of Topliss-reactive ketones (excluding diaryl/α,β-unsaturated/α-hetero) is 1. The predicted octanol–water partition coefficient (Wildman–Crippen LogP) is 1.61. The number of alkyl halides is 2. The Balaban J connectivity index is 0.00000175. The van der Waals surface area contributed by atoms with Gasteiger partial charge in [-0.2, -0.15) is 0 Å². The van der Waals surface area contributed by atoms with Crippen LogP contribution in [0.4, 0.5) is 8.78 Å². The molecule has 5 N–H and O–H groups in total. The van der Waals surface area contributed by atoms with Crippen molar-refractivity contribution in [3.8, 4) is 0 Å². The van der Waals surface area contributed by atoms with Gasteiger partial charge in [-0.05, 0) is 64.4 Å². The van der Waals surface area contributed by atoms with Crippen molar-refractivity contribution in [2.24, 2.45) is 5.92 Å². The van der Waals surface area contributed by atoms with Crippen molar-refractivity contribution in [1.29, 1.82) is 0 Å². The van der Waals surface area contributed by atoms with Crippen LogP contribution >= 0.6 is 0 Å². The number of carbonyl (C=O) groups excluding carboxylic acids is 7. The van der Waals surface area contributed by atoms with Crippen molar-refractivity contribution in [2.45, 2.75) is 115 Å². The number of halogens is 2. The Morgan fingerprint density at radius 3 is 2.12 bits per heavy atom. The summed E-state index contributed by atoms with van der Waals surface area (Å²) in [5, 5.41) is 18.2. The van der Waals surface area contributed by atoms with Crippen molar-refractivity contribution < 1.29 is 47.4 Å². The van der Waals surface area contributed by atoms with Gasteiger partial charge in [0.05, 0.1) is 18.2 Å². The first-order valence-corrected chi connectivity index (χ1v) is 17.6. The third kappa shape index (κ3) is 14.6. The smallest absolute Gasteiger partial charge is 0.290 e. The molecular formula is C36H54F2N6O8. The van der Waals surface area contributed by atoms with Gasteiger partial charge in [0.25, 0.3) is 5.91 Å². The molecule has 1 aliphatic heterocycles. The number of hydrogen-bond donors (Lipinski definition) is 5. The van der Waals surface area contributed by atoms with E-state index in [1.807, 2.05) is 0 Å². The number of benzene rings is 1. The summed E-state index contributed by atoms with van der Waals surface area (Å²) < 4.78 is 26.3. The molecule has 2 aliphatic rings. The Morgan fingerprint density at radius 2 is 1.56 bits per heavy atom. The molecule has 1 aromatic rings. The first kappa shape index (κ1) is 43.7. The summed E-state index contributed by atoms with van der Waals surface area (Å²) in [5.41, 5.74) is -0.0110. The van der Waals surface area contributed by atoms with E-state index in [1.165, 1.54) is 23.9 Å². The maximum absolute atomic E-state index is 13.5. The zero-order valence-electron chi connectivity index (χ0n) is 30.7. The fraction of sp³-hybridized carbons (Fsp3) is 0.639. The van der Waals surface area contributed by atoms with E-state index in [0.29, 0.717) is 18.4 Å². The van der Waals surface area contributed by atoms with Crippen LogP contribution in [-0.2, 0) is 33.6 Å². The number of rotatable bonds is 16. The summed E-state index contributed by atoms with van der Waals surface area (Å²) in [6.45, 7) is 4.75. The van der Waals surface area contributed by atoms with Gasteiger partial charge < -0.3 is 36.2 Å².